The van der Waals surface area contributed by atoms with E-state index in [1.807, 2.05) is 23.0 Å². The van der Waals surface area contributed by atoms with Gasteiger partial charge in [-0.15, -0.1) is 0 Å². The van der Waals surface area contributed by atoms with Crippen LogP contribution < -0.4 is 5.73 Å². The van der Waals surface area contributed by atoms with Gasteiger partial charge in [0.15, 0.2) is 0 Å². The molecule has 19 heavy (non-hydrogen) atoms. The lowest BCUT2D eigenvalue weighted by molar-refractivity contribution is 0.332. The number of para-hydroxylation sites is 1. The number of nitrogens with zero attached hydrogens (tertiary/aromatic N) is 3. The molecule has 3 rings (SSSR count). The molecule has 4 heteroatoms. The van der Waals surface area contributed by atoms with Crippen LogP contribution >= 0.6 is 0 Å². The Labute approximate surface area is 113 Å². The molecule has 1 aliphatic rings. The molecule has 1 saturated heterocycles. The number of likely N-dealkylation sites (tertiary alicyclic amines) is 1. The molecule has 0 atom stereocenters. The maximum atomic E-state index is 6.26. The lowest BCUT2D eigenvalue weighted by Gasteiger charge is -2.14. The van der Waals surface area contributed by atoms with E-state index in [1.54, 1.807) is 0 Å². The number of benzene rings is 1. The lowest BCUT2D eigenvalue weighted by atomic mass is 10.2. The Morgan fingerprint density at radius 3 is 2.68 bits per heavy atom. The van der Waals surface area contributed by atoms with Gasteiger partial charge in [-0.2, -0.15) is 5.10 Å². The van der Waals surface area contributed by atoms with Gasteiger partial charge in [-0.25, -0.2) is 4.68 Å². The molecule has 1 fully saturated rings. The van der Waals surface area contributed by atoms with Crippen LogP contribution in [0, 0.1) is 6.92 Å². The summed E-state index contributed by atoms with van der Waals surface area (Å²) >= 11 is 0. The van der Waals surface area contributed by atoms with Crippen molar-refractivity contribution in [1.29, 1.82) is 0 Å². The Hall–Kier alpha value is -1.81. The molecule has 1 aromatic carbocycles. The van der Waals surface area contributed by atoms with Crippen molar-refractivity contribution >= 4 is 5.82 Å². The maximum Gasteiger partial charge on any atom is 0.131 e. The summed E-state index contributed by atoms with van der Waals surface area (Å²) in [7, 11) is 0. The molecule has 0 spiro atoms. The molecule has 1 aromatic heterocycles. The monoisotopic (exact) mass is 256 g/mol. The van der Waals surface area contributed by atoms with Gasteiger partial charge < -0.3 is 5.73 Å². The van der Waals surface area contributed by atoms with Crippen molar-refractivity contribution in [2.45, 2.75) is 26.3 Å². The van der Waals surface area contributed by atoms with Crippen molar-refractivity contribution in [2.24, 2.45) is 0 Å². The van der Waals surface area contributed by atoms with Gasteiger partial charge in [-0.1, -0.05) is 18.2 Å². The number of hydrogen-bond acceptors (Lipinski definition) is 3. The highest BCUT2D eigenvalue weighted by atomic mass is 15.3. The van der Waals surface area contributed by atoms with Crippen molar-refractivity contribution < 1.29 is 0 Å². The van der Waals surface area contributed by atoms with Crippen molar-refractivity contribution in [2.75, 3.05) is 18.8 Å². The zero-order chi connectivity index (χ0) is 13.2. The predicted octanol–water partition coefficient (Wildman–Crippen LogP) is 2.36. The molecular weight excluding hydrogens is 236 g/mol. The van der Waals surface area contributed by atoms with E-state index < -0.39 is 0 Å². The third-order valence-corrected chi connectivity index (χ3v) is 3.82. The van der Waals surface area contributed by atoms with E-state index in [9.17, 15) is 0 Å². The van der Waals surface area contributed by atoms with Crippen molar-refractivity contribution in [3.8, 4) is 5.69 Å². The van der Waals surface area contributed by atoms with Gasteiger partial charge >= 0.3 is 0 Å². The summed E-state index contributed by atoms with van der Waals surface area (Å²) < 4.78 is 1.85. The number of nitrogens with two attached hydrogens (primary N) is 1. The van der Waals surface area contributed by atoms with Gasteiger partial charge in [0.2, 0.25) is 0 Å². The van der Waals surface area contributed by atoms with Crippen molar-refractivity contribution in [3.63, 3.8) is 0 Å². The third kappa shape index (κ3) is 2.36. The fourth-order valence-electron chi connectivity index (χ4n) is 2.69. The number of hydrogen-bond donors (Lipinski definition) is 1. The molecular formula is C15H20N4. The zero-order valence-corrected chi connectivity index (χ0v) is 11.3. The van der Waals surface area contributed by atoms with E-state index in [2.05, 4.69) is 29.1 Å². The van der Waals surface area contributed by atoms with Crippen LogP contribution in [0.5, 0.6) is 0 Å². The normalized spacial score (nSPS) is 16.1. The number of rotatable bonds is 3. The zero-order valence-electron chi connectivity index (χ0n) is 11.3. The summed E-state index contributed by atoms with van der Waals surface area (Å²) in [6.45, 7) is 5.35. The molecule has 0 unspecified atom stereocenters. The van der Waals surface area contributed by atoms with E-state index >= 15 is 0 Å². The van der Waals surface area contributed by atoms with Crippen LogP contribution in [0.3, 0.4) is 0 Å². The second-order valence-corrected chi connectivity index (χ2v) is 5.24. The molecule has 100 valence electrons. The number of aromatic nitrogens is 2. The fourth-order valence-corrected chi connectivity index (χ4v) is 2.69. The molecule has 0 radical (unpaired) electrons. The van der Waals surface area contributed by atoms with Crippen molar-refractivity contribution in [1.82, 2.24) is 14.7 Å². The molecule has 0 aliphatic carbocycles. The first-order valence-corrected chi connectivity index (χ1v) is 6.86. The van der Waals surface area contributed by atoms with E-state index in [0.29, 0.717) is 0 Å². The van der Waals surface area contributed by atoms with Gasteiger partial charge in [0.25, 0.3) is 0 Å². The molecule has 4 nitrogen and oxygen atoms in total. The Morgan fingerprint density at radius 1 is 1.21 bits per heavy atom. The van der Waals surface area contributed by atoms with Gasteiger partial charge in [-0.3, -0.25) is 4.90 Å². The molecule has 0 bridgehead atoms. The van der Waals surface area contributed by atoms with E-state index in [-0.39, 0.29) is 0 Å². The van der Waals surface area contributed by atoms with Gasteiger partial charge in [-0.05, 0) is 44.5 Å². The Balaban J connectivity index is 1.88. The Kier molecular flexibility index (Phi) is 3.25. The Morgan fingerprint density at radius 2 is 1.95 bits per heavy atom. The van der Waals surface area contributed by atoms with Gasteiger partial charge in [0, 0.05) is 12.1 Å². The molecule has 1 aliphatic heterocycles. The molecule has 0 saturated carbocycles. The number of anilines is 1. The average Bonchev–Trinajstić information content (AvgIpc) is 3.03. The number of nitrogen functional groups attached to an aromatic ring is 1. The fraction of sp³-hybridized carbons (Fsp3) is 0.400. The van der Waals surface area contributed by atoms with E-state index in [4.69, 9.17) is 5.73 Å². The van der Waals surface area contributed by atoms with E-state index in [1.165, 1.54) is 31.5 Å². The predicted molar refractivity (Wildman–Crippen MR) is 77.2 cm³/mol. The lowest BCUT2D eigenvalue weighted by Crippen LogP contribution is -2.19. The largest absolute Gasteiger partial charge is 0.383 e. The highest BCUT2D eigenvalue weighted by Gasteiger charge is 2.16. The first-order chi connectivity index (χ1) is 9.25. The SMILES string of the molecule is Cc1ccccc1-n1ncc(CN2CCCC2)c1N. The molecule has 0 amide bonds. The highest BCUT2D eigenvalue weighted by Crippen LogP contribution is 2.22. The first kappa shape index (κ1) is 12.2. The summed E-state index contributed by atoms with van der Waals surface area (Å²) in [6.07, 6.45) is 4.50. The maximum absolute atomic E-state index is 6.26. The van der Waals surface area contributed by atoms with Crippen LogP contribution in [-0.2, 0) is 6.54 Å². The average molecular weight is 256 g/mol. The first-order valence-electron chi connectivity index (χ1n) is 6.86. The van der Waals surface area contributed by atoms with Crippen LogP contribution in [0.2, 0.25) is 0 Å². The molecule has 2 aromatic rings. The summed E-state index contributed by atoms with van der Waals surface area (Å²) in [5.74, 6) is 0.765. The van der Waals surface area contributed by atoms with Crippen molar-refractivity contribution in [3.05, 3.63) is 41.6 Å². The topological polar surface area (TPSA) is 47.1 Å². The quantitative estimate of drug-likeness (QED) is 0.917. The standard InChI is InChI=1S/C15H20N4/c1-12-6-2-3-7-14(12)19-15(16)13(10-17-19)11-18-8-4-5-9-18/h2-3,6-7,10H,4-5,8-9,11,16H2,1H3. The second kappa shape index (κ2) is 5.05. The molecule has 2 heterocycles. The summed E-state index contributed by atoms with van der Waals surface area (Å²) in [5, 5.41) is 4.45. The minimum atomic E-state index is 0.765. The summed E-state index contributed by atoms with van der Waals surface area (Å²) in [4.78, 5) is 2.44. The van der Waals surface area contributed by atoms with Crippen LogP contribution in [0.1, 0.15) is 24.0 Å². The minimum Gasteiger partial charge on any atom is -0.383 e. The van der Waals surface area contributed by atoms with Crippen LogP contribution in [0.15, 0.2) is 30.5 Å². The summed E-state index contributed by atoms with van der Waals surface area (Å²) in [5.41, 5.74) is 9.63. The van der Waals surface area contributed by atoms with Crippen LogP contribution in [0.25, 0.3) is 5.69 Å². The smallest absolute Gasteiger partial charge is 0.131 e. The van der Waals surface area contributed by atoms with Crippen LogP contribution in [0.4, 0.5) is 5.82 Å². The highest BCUT2D eigenvalue weighted by molar-refractivity contribution is 5.49. The summed E-state index contributed by atoms with van der Waals surface area (Å²) in [6, 6.07) is 8.18. The second-order valence-electron chi connectivity index (χ2n) is 5.24. The number of aryl methyl sites for hydroxylation is 1. The third-order valence-electron chi connectivity index (χ3n) is 3.82. The van der Waals surface area contributed by atoms with Gasteiger partial charge in [0.1, 0.15) is 5.82 Å². The van der Waals surface area contributed by atoms with Gasteiger partial charge in [0.05, 0.1) is 11.9 Å². The van der Waals surface area contributed by atoms with E-state index in [0.717, 1.165) is 23.6 Å². The Bertz CT molecular complexity index is 567. The minimum absolute atomic E-state index is 0.765. The van der Waals surface area contributed by atoms with Crippen LogP contribution in [-0.4, -0.2) is 27.8 Å². The molecule has 2 N–H and O–H groups in total.